The Bertz CT molecular complexity index is 1170. The number of thioether (sulfide) groups is 1. The standard InChI is InChI=1S/C31H33NOS/c1-2-10-29(11-3-1)34-20-6-7-24-12-16-27(17-13-24)30-18-19-32-22-31(30)33-23-25-14-15-26-8-4-5-9-28(26)21-25/h1-5,8-17,21,30-32H,6-7,18-20,22-23H2. The zero-order valence-corrected chi connectivity index (χ0v) is 20.5. The van der Waals surface area contributed by atoms with Gasteiger partial charge in [0.2, 0.25) is 0 Å². The zero-order chi connectivity index (χ0) is 23.0. The second-order valence-corrected chi connectivity index (χ2v) is 10.3. The highest BCUT2D eigenvalue weighted by Crippen LogP contribution is 2.29. The third-order valence-electron chi connectivity index (χ3n) is 6.73. The van der Waals surface area contributed by atoms with Crippen molar-refractivity contribution >= 4 is 22.5 Å². The lowest BCUT2D eigenvalue weighted by Crippen LogP contribution is -2.40. The van der Waals surface area contributed by atoms with E-state index in [4.69, 9.17) is 4.74 Å². The minimum atomic E-state index is 0.202. The molecule has 0 aliphatic carbocycles. The molecule has 0 bridgehead atoms. The van der Waals surface area contributed by atoms with Crippen LogP contribution in [0, 0.1) is 0 Å². The highest BCUT2D eigenvalue weighted by Gasteiger charge is 2.27. The molecule has 0 aromatic heterocycles. The van der Waals surface area contributed by atoms with Crippen LogP contribution in [0.25, 0.3) is 10.8 Å². The minimum Gasteiger partial charge on any atom is -0.372 e. The van der Waals surface area contributed by atoms with Crippen molar-refractivity contribution in [3.05, 3.63) is 114 Å². The molecule has 4 aromatic rings. The Kier molecular flexibility index (Phi) is 7.97. The van der Waals surface area contributed by atoms with E-state index in [1.54, 1.807) is 0 Å². The first-order valence-electron chi connectivity index (χ1n) is 12.4. The van der Waals surface area contributed by atoms with E-state index >= 15 is 0 Å². The summed E-state index contributed by atoms with van der Waals surface area (Å²) in [5, 5.41) is 6.09. The molecule has 0 spiro atoms. The van der Waals surface area contributed by atoms with Crippen LogP contribution in [0.3, 0.4) is 0 Å². The summed E-state index contributed by atoms with van der Waals surface area (Å²) >= 11 is 1.95. The van der Waals surface area contributed by atoms with Gasteiger partial charge in [0.25, 0.3) is 0 Å². The highest BCUT2D eigenvalue weighted by molar-refractivity contribution is 7.99. The number of hydrogen-bond acceptors (Lipinski definition) is 3. The first kappa shape index (κ1) is 23.2. The van der Waals surface area contributed by atoms with Gasteiger partial charge in [0, 0.05) is 17.4 Å². The van der Waals surface area contributed by atoms with Crippen LogP contribution in [0.2, 0.25) is 0 Å². The van der Waals surface area contributed by atoms with Gasteiger partial charge in [-0.05, 0) is 77.2 Å². The summed E-state index contributed by atoms with van der Waals surface area (Å²) in [5.74, 6) is 1.61. The van der Waals surface area contributed by atoms with Crippen molar-refractivity contribution < 1.29 is 4.74 Å². The lowest BCUT2D eigenvalue weighted by molar-refractivity contribution is 0.0106. The molecule has 0 amide bonds. The average Bonchev–Trinajstić information content (AvgIpc) is 2.91. The molecule has 0 radical (unpaired) electrons. The number of ether oxygens (including phenoxy) is 1. The Labute approximate surface area is 207 Å². The van der Waals surface area contributed by atoms with Gasteiger partial charge in [-0.15, -0.1) is 11.8 Å². The minimum absolute atomic E-state index is 0.202. The summed E-state index contributed by atoms with van der Waals surface area (Å²) in [7, 11) is 0. The largest absolute Gasteiger partial charge is 0.372 e. The molecule has 1 fully saturated rings. The number of rotatable bonds is 9. The highest BCUT2D eigenvalue weighted by atomic mass is 32.2. The topological polar surface area (TPSA) is 21.3 Å². The molecule has 174 valence electrons. The molecule has 2 nitrogen and oxygen atoms in total. The average molecular weight is 468 g/mol. The van der Waals surface area contributed by atoms with Crippen molar-refractivity contribution in [2.75, 3.05) is 18.8 Å². The van der Waals surface area contributed by atoms with Crippen LogP contribution in [-0.2, 0) is 17.8 Å². The van der Waals surface area contributed by atoms with Crippen molar-refractivity contribution in [2.24, 2.45) is 0 Å². The van der Waals surface area contributed by atoms with E-state index < -0.39 is 0 Å². The number of fused-ring (bicyclic) bond motifs is 1. The Balaban J connectivity index is 1.15. The van der Waals surface area contributed by atoms with Crippen LogP contribution in [-0.4, -0.2) is 24.9 Å². The lowest BCUT2D eigenvalue weighted by atomic mass is 9.87. The van der Waals surface area contributed by atoms with Crippen LogP contribution in [0.4, 0.5) is 0 Å². The van der Waals surface area contributed by atoms with Crippen LogP contribution >= 0.6 is 11.8 Å². The summed E-state index contributed by atoms with van der Waals surface area (Å²) in [6.45, 7) is 2.63. The monoisotopic (exact) mass is 467 g/mol. The first-order valence-corrected chi connectivity index (χ1v) is 13.4. The predicted octanol–water partition coefficient (Wildman–Crippen LogP) is 7.23. The van der Waals surface area contributed by atoms with E-state index in [-0.39, 0.29) is 6.10 Å². The quantitative estimate of drug-likeness (QED) is 0.207. The predicted molar refractivity (Wildman–Crippen MR) is 145 cm³/mol. The van der Waals surface area contributed by atoms with Gasteiger partial charge in [-0.3, -0.25) is 0 Å². The summed E-state index contributed by atoms with van der Waals surface area (Å²) < 4.78 is 6.47. The lowest BCUT2D eigenvalue weighted by Gasteiger charge is -2.32. The van der Waals surface area contributed by atoms with Gasteiger partial charge in [-0.2, -0.15) is 0 Å². The fourth-order valence-corrected chi connectivity index (χ4v) is 5.71. The van der Waals surface area contributed by atoms with E-state index in [1.807, 2.05) is 11.8 Å². The van der Waals surface area contributed by atoms with Gasteiger partial charge in [-0.1, -0.05) is 78.9 Å². The molecule has 0 saturated carbocycles. The van der Waals surface area contributed by atoms with Crippen molar-refractivity contribution in [1.82, 2.24) is 5.32 Å². The fraction of sp³-hybridized carbons (Fsp3) is 0.290. The molecule has 1 N–H and O–H groups in total. The Hall–Kier alpha value is -2.59. The maximum Gasteiger partial charge on any atom is 0.0772 e. The summed E-state index contributed by atoms with van der Waals surface area (Å²) in [4.78, 5) is 1.36. The van der Waals surface area contributed by atoms with Crippen molar-refractivity contribution in [3.63, 3.8) is 0 Å². The van der Waals surface area contributed by atoms with Crippen LogP contribution in [0.5, 0.6) is 0 Å². The molecule has 3 heteroatoms. The molecular weight excluding hydrogens is 434 g/mol. The van der Waals surface area contributed by atoms with Crippen molar-refractivity contribution in [2.45, 2.75) is 42.8 Å². The number of aryl methyl sites for hydroxylation is 1. The molecule has 5 rings (SSSR count). The molecule has 34 heavy (non-hydrogen) atoms. The van der Waals surface area contributed by atoms with Gasteiger partial charge >= 0.3 is 0 Å². The normalized spacial score (nSPS) is 18.2. The van der Waals surface area contributed by atoms with Crippen molar-refractivity contribution in [1.29, 1.82) is 0 Å². The number of benzene rings is 4. The third-order valence-corrected chi connectivity index (χ3v) is 7.83. The molecule has 4 aromatic carbocycles. The molecular formula is C31H33NOS. The van der Waals surface area contributed by atoms with E-state index in [2.05, 4.69) is 102 Å². The summed E-state index contributed by atoms with van der Waals surface area (Å²) in [6, 6.07) is 35.2. The van der Waals surface area contributed by atoms with Gasteiger partial charge in [0.05, 0.1) is 12.7 Å². The maximum absolute atomic E-state index is 6.47. The maximum atomic E-state index is 6.47. The van der Waals surface area contributed by atoms with Crippen LogP contribution in [0.1, 0.15) is 35.4 Å². The van der Waals surface area contributed by atoms with E-state index in [1.165, 1.54) is 38.8 Å². The second kappa shape index (κ2) is 11.7. The van der Waals surface area contributed by atoms with Crippen molar-refractivity contribution in [3.8, 4) is 0 Å². The second-order valence-electron chi connectivity index (χ2n) is 9.14. The van der Waals surface area contributed by atoms with E-state index in [0.29, 0.717) is 12.5 Å². The molecule has 2 atom stereocenters. The van der Waals surface area contributed by atoms with Gasteiger partial charge in [0.1, 0.15) is 0 Å². The van der Waals surface area contributed by atoms with Gasteiger partial charge < -0.3 is 10.1 Å². The molecule has 2 unspecified atom stereocenters. The Morgan fingerprint density at radius 3 is 2.41 bits per heavy atom. The fourth-order valence-electron chi connectivity index (χ4n) is 4.83. The smallest absolute Gasteiger partial charge is 0.0772 e. The molecule has 1 aliphatic heterocycles. The SMILES string of the molecule is c1ccc(SCCCc2ccc(C3CCNCC3OCc3ccc4ccccc4c3)cc2)cc1. The molecule has 1 heterocycles. The summed E-state index contributed by atoms with van der Waals surface area (Å²) in [6.07, 6.45) is 3.65. The first-order chi connectivity index (χ1) is 16.8. The molecule has 1 saturated heterocycles. The van der Waals surface area contributed by atoms with Gasteiger partial charge in [0.15, 0.2) is 0 Å². The van der Waals surface area contributed by atoms with E-state index in [9.17, 15) is 0 Å². The number of nitrogens with one attached hydrogen (secondary N) is 1. The molecule has 1 aliphatic rings. The van der Waals surface area contributed by atoms with Crippen LogP contribution in [0.15, 0.2) is 102 Å². The third kappa shape index (κ3) is 6.09. The van der Waals surface area contributed by atoms with Crippen LogP contribution < -0.4 is 5.32 Å². The van der Waals surface area contributed by atoms with Gasteiger partial charge in [-0.25, -0.2) is 0 Å². The Morgan fingerprint density at radius 1 is 0.794 bits per heavy atom. The van der Waals surface area contributed by atoms with E-state index in [0.717, 1.165) is 31.7 Å². The zero-order valence-electron chi connectivity index (χ0n) is 19.7. The number of piperidine rings is 1. The summed E-state index contributed by atoms with van der Waals surface area (Å²) in [5.41, 5.74) is 4.08. The number of hydrogen-bond donors (Lipinski definition) is 1. The Morgan fingerprint density at radius 2 is 1.56 bits per heavy atom.